The molecular formula is C11H15NO4S. The Morgan fingerprint density at radius 2 is 2.24 bits per heavy atom. The number of rotatable bonds is 7. The second kappa shape index (κ2) is 7.01. The zero-order valence-electron chi connectivity index (χ0n) is 9.56. The van der Waals surface area contributed by atoms with Gasteiger partial charge in [-0.3, -0.25) is 4.79 Å². The van der Waals surface area contributed by atoms with E-state index in [1.807, 2.05) is 6.92 Å². The molecule has 0 fully saturated rings. The summed E-state index contributed by atoms with van der Waals surface area (Å²) in [6.45, 7) is 2.27. The van der Waals surface area contributed by atoms with Crippen molar-refractivity contribution in [1.29, 1.82) is 0 Å². The maximum atomic E-state index is 11.3. The zero-order valence-corrected chi connectivity index (χ0v) is 10.4. The first-order chi connectivity index (χ1) is 8.13. The number of furan rings is 1. The Morgan fingerprint density at radius 3 is 2.82 bits per heavy atom. The van der Waals surface area contributed by atoms with Crippen LogP contribution < -0.4 is 5.32 Å². The van der Waals surface area contributed by atoms with Crippen LogP contribution in [0.25, 0.3) is 0 Å². The number of aromatic carboxylic acids is 1. The fourth-order valence-electron chi connectivity index (χ4n) is 1.17. The largest absolute Gasteiger partial charge is 0.475 e. The number of hydrogen-bond acceptors (Lipinski definition) is 4. The molecule has 0 unspecified atom stereocenters. The van der Waals surface area contributed by atoms with E-state index in [9.17, 15) is 9.59 Å². The molecule has 0 atom stereocenters. The molecule has 0 radical (unpaired) electrons. The van der Waals surface area contributed by atoms with E-state index in [1.165, 1.54) is 6.07 Å². The lowest BCUT2D eigenvalue weighted by atomic mass is 10.4. The quantitative estimate of drug-likeness (QED) is 0.727. The molecule has 1 amide bonds. The molecule has 6 heteroatoms. The van der Waals surface area contributed by atoms with E-state index in [0.717, 1.165) is 11.5 Å². The first kappa shape index (κ1) is 13.6. The van der Waals surface area contributed by atoms with Crippen molar-refractivity contribution >= 4 is 23.6 Å². The van der Waals surface area contributed by atoms with Crippen LogP contribution in [0.4, 0.5) is 0 Å². The Balaban J connectivity index is 2.29. The van der Waals surface area contributed by atoms with E-state index >= 15 is 0 Å². The Bertz CT molecular complexity index is 389. The van der Waals surface area contributed by atoms with Gasteiger partial charge in [-0.15, -0.1) is 0 Å². The molecule has 5 nitrogen and oxygen atoms in total. The second-order valence-corrected chi connectivity index (χ2v) is 4.69. The van der Waals surface area contributed by atoms with Gasteiger partial charge < -0.3 is 14.8 Å². The van der Waals surface area contributed by atoms with Gasteiger partial charge in [-0.25, -0.2) is 4.79 Å². The van der Waals surface area contributed by atoms with Gasteiger partial charge in [-0.1, -0.05) is 6.92 Å². The van der Waals surface area contributed by atoms with Gasteiger partial charge in [0.25, 0.3) is 0 Å². The molecule has 2 N–H and O–H groups in total. The summed E-state index contributed by atoms with van der Waals surface area (Å²) < 4.78 is 5.00. The fraction of sp³-hybridized carbons (Fsp3) is 0.455. The monoisotopic (exact) mass is 257 g/mol. The molecule has 1 heterocycles. The van der Waals surface area contributed by atoms with E-state index in [2.05, 4.69) is 5.32 Å². The van der Waals surface area contributed by atoms with Gasteiger partial charge in [0, 0.05) is 12.2 Å². The summed E-state index contributed by atoms with van der Waals surface area (Å²) in [4.78, 5) is 21.9. The lowest BCUT2D eigenvalue weighted by Crippen LogP contribution is -2.22. The average Bonchev–Trinajstić information content (AvgIpc) is 2.75. The standard InChI is InChI=1S/C11H15NO4S/c1-2-17-6-5-10(13)12-7-8-3-4-9(16-8)11(14)15/h3-4H,2,5-7H2,1H3,(H,12,13)(H,14,15). The van der Waals surface area contributed by atoms with Crippen LogP contribution in [0.15, 0.2) is 16.5 Å². The van der Waals surface area contributed by atoms with Crippen LogP contribution >= 0.6 is 11.8 Å². The van der Waals surface area contributed by atoms with Gasteiger partial charge in [0.15, 0.2) is 0 Å². The highest BCUT2D eigenvalue weighted by atomic mass is 32.2. The van der Waals surface area contributed by atoms with E-state index < -0.39 is 5.97 Å². The molecule has 1 rings (SSSR count). The van der Waals surface area contributed by atoms with E-state index in [0.29, 0.717) is 12.2 Å². The summed E-state index contributed by atoms with van der Waals surface area (Å²) >= 11 is 1.70. The fourth-order valence-corrected chi connectivity index (χ4v) is 1.79. The lowest BCUT2D eigenvalue weighted by molar-refractivity contribution is -0.120. The number of carbonyl (C=O) groups is 2. The second-order valence-electron chi connectivity index (χ2n) is 3.29. The van der Waals surface area contributed by atoms with E-state index in [1.54, 1.807) is 17.8 Å². The van der Waals surface area contributed by atoms with Crippen LogP contribution in [-0.4, -0.2) is 28.5 Å². The van der Waals surface area contributed by atoms with Crippen molar-refractivity contribution in [1.82, 2.24) is 5.32 Å². The molecule has 0 aromatic carbocycles. The maximum Gasteiger partial charge on any atom is 0.371 e. The molecule has 0 aliphatic carbocycles. The smallest absolute Gasteiger partial charge is 0.371 e. The zero-order chi connectivity index (χ0) is 12.7. The molecule has 0 aliphatic rings. The minimum atomic E-state index is -1.11. The predicted octanol–water partition coefficient (Wildman–Crippen LogP) is 1.74. The average molecular weight is 257 g/mol. The minimum absolute atomic E-state index is 0.0563. The molecule has 0 aliphatic heterocycles. The van der Waals surface area contributed by atoms with Crippen molar-refractivity contribution in [2.45, 2.75) is 19.9 Å². The molecule has 94 valence electrons. The van der Waals surface area contributed by atoms with E-state index in [-0.39, 0.29) is 18.2 Å². The summed E-state index contributed by atoms with van der Waals surface area (Å²) in [7, 11) is 0. The van der Waals surface area contributed by atoms with Crippen LogP contribution in [0.1, 0.15) is 29.7 Å². The summed E-state index contributed by atoms with van der Waals surface area (Å²) in [5, 5.41) is 11.3. The Labute approximate surface area is 104 Å². The first-order valence-corrected chi connectivity index (χ1v) is 6.45. The number of carboxylic acid groups (broad SMARTS) is 1. The predicted molar refractivity (Wildman–Crippen MR) is 65.1 cm³/mol. The van der Waals surface area contributed by atoms with Crippen LogP contribution in [0.2, 0.25) is 0 Å². The summed E-state index contributed by atoms with van der Waals surface area (Å²) in [6.07, 6.45) is 0.463. The van der Waals surface area contributed by atoms with Crippen molar-refractivity contribution in [3.63, 3.8) is 0 Å². The van der Waals surface area contributed by atoms with Crippen LogP contribution in [0.3, 0.4) is 0 Å². The minimum Gasteiger partial charge on any atom is -0.475 e. The topological polar surface area (TPSA) is 79.5 Å². The number of carboxylic acids is 1. The van der Waals surface area contributed by atoms with Crippen LogP contribution in [0.5, 0.6) is 0 Å². The molecule has 0 saturated heterocycles. The van der Waals surface area contributed by atoms with Crippen LogP contribution in [0, 0.1) is 0 Å². The number of hydrogen-bond donors (Lipinski definition) is 2. The number of thioether (sulfide) groups is 1. The molecule has 17 heavy (non-hydrogen) atoms. The molecule has 0 saturated carbocycles. The maximum absolute atomic E-state index is 11.3. The molecule has 1 aromatic heterocycles. The van der Waals surface area contributed by atoms with Gasteiger partial charge in [0.1, 0.15) is 5.76 Å². The van der Waals surface area contributed by atoms with Gasteiger partial charge in [-0.05, 0) is 17.9 Å². The number of amides is 1. The van der Waals surface area contributed by atoms with Crippen molar-refractivity contribution < 1.29 is 19.1 Å². The van der Waals surface area contributed by atoms with Gasteiger partial charge >= 0.3 is 5.97 Å². The first-order valence-electron chi connectivity index (χ1n) is 5.30. The molecule has 0 spiro atoms. The summed E-state index contributed by atoms with van der Waals surface area (Å²) in [5.41, 5.74) is 0. The molecule has 0 bridgehead atoms. The summed E-state index contributed by atoms with van der Waals surface area (Å²) in [5.74, 6) is 0.949. The third kappa shape index (κ3) is 4.95. The normalized spacial score (nSPS) is 10.2. The van der Waals surface area contributed by atoms with Crippen molar-refractivity contribution in [3.05, 3.63) is 23.7 Å². The highest BCUT2D eigenvalue weighted by molar-refractivity contribution is 7.99. The summed E-state index contributed by atoms with van der Waals surface area (Å²) in [6, 6.07) is 2.92. The number of nitrogens with one attached hydrogen (secondary N) is 1. The highest BCUT2D eigenvalue weighted by Crippen LogP contribution is 2.07. The SMILES string of the molecule is CCSCCC(=O)NCc1ccc(C(=O)O)o1. The molecular weight excluding hydrogens is 242 g/mol. The number of carbonyl (C=O) groups excluding carboxylic acids is 1. The van der Waals surface area contributed by atoms with Crippen molar-refractivity contribution in [3.8, 4) is 0 Å². The lowest BCUT2D eigenvalue weighted by Gasteiger charge is -2.02. The van der Waals surface area contributed by atoms with E-state index in [4.69, 9.17) is 9.52 Å². The molecule has 1 aromatic rings. The Hall–Kier alpha value is -1.43. The third-order valence-electron chi connectivity index (χ3n) is 2.01. The van der Waals surface area contributed by atoms with Gasteiger partial charge in [0.2, 0.25) is 11.7 Å². The highest BCUT2D eigenvalue weighted by Gasteiger charge is 2.09. The Kier molecular flexibility index (Phi) is 5.62. The third-order valence-corrected chi connectivity index (χ3v) is 2.91. The van der Waals surface area contributed by atoms with Gasteiger partial charge in [-0.2, -0.15) is 11.8 Å². The van der Waals surface area contributed by atoms with Crippen molar-refractivity contribution in [2.24, 2.45) is 0 Å². The Morgan fingerprint density at radius 1 is 1.47 bits per heavy atom. The van der Waals surface area contributed by atoms with Crippen molar-refractivity contribution in [2.75, 3.05) is 11.5 Å². The van der Waals surface area contributed by atoms with Gasteiger partial charge in [0.05, 0.1) is 6.54 Å². The van der Waals surface area contributed by atoms with Crippen LogP contribution in [-0.2, 0) is 11.3 Å².